The maximum atomic E-state index is 12.6. The summed E-state index contributed by atoms with van der Waals surface area (Å²) in [6.07, 6.45) is 6.55. The maximum Gasteiger partial charge on any atom is 0.239 e. The summed E-state index contributed by atoms with van der Waals surface area (Å²) < 4.78 is 7.03. The number of aromatic nitrogens is 2. The monoisotopic (exact) mass is 486 g/mol. The van der Waals surface area contributed by atoms with E-state index >= 15 is 0 Å². The number of rotatable bonds is 10. The first-order chi connectivity index (χ1) is 15.9. The Balaban J connectivity index is 1.83. The molecule has 3 rings (SSSR count). The quantitative estimate of drug-likeness (QED) is 0.404. The highest BCUT2D eigenvalue weighted by atomic mass is 35.5. The van der Waals surface area contributed by atoms with Crippen LogP contribution in [0, 0.1) is 0 Å². The molecule has 33 heavy (non-hydrogen) atoms. The fraction of sp³-hybridized carbons (Fsp3) is 0.280. The van der Waals surface area contributed by atoms with Gasteiger partial charge in [0.25, 0.3) is 0 Å². The normalized spacial score (nSPS) is 11.3. The molecule has 6 nitrogen and oxygen atoms in total. The van der Waals surface area contributed by atoms with Crippen molar-refractivity contribution in [2.24, 2.45) is 0 Å². The van der Waals surface area contributed by atoms with E-state index in [2.05, 4.69) is 10.2 Å². The zero-order chi connectivity index (χ0) is 23.8. The first-order valence-corrected chi connectivity index (χ1v) is 11.4. The molecule has 0 aliphatic rings. The molecule has 0 saturated heterocycles. The van der Waals surface area contributed by atoms with Gasteiger partial charge in [0, 0.05) is 23.3 Å². The Bertz CT molecular complexity index is 1110. The Morgan fingerprint density at radius 3 is 2.58 bits per heavy atom. The molecule has 174 valence electrons. The van der Waals surface area contributed by atoms with Crippen molar-refractivity contribution < 1.29 is 9.53 Å². The van der Waals surface area contributed by atoms with E-state index in [0.717, 1.165) is 29.8 Å². The Labute approximate surface area is 204 Å². The predicted octanol–water partition coefficient (Wildman–Crippen LogP) is 5.10. The van der Waals surface area contributed by atoms with Crippen LogP contribution in [-0.2, 0) is 11.3 Å². The van der Waals surface area contributed by atoms with E-state index in [-0.39, 0.29) is 12.5 Å². The molecule has 8 heteroatoms. The lowest BCUT2D eigenvalue weighted by molar-refractivity contribution is -0.121. The van der Waals surface area contributed by atoms with Crippen LogP contribution in [0.15, 0.2) is 48.7 Å². The lowest BCUT2D eigenvalue weighted by Crippen LogP contribution is -2.30. The molecule has 0 spiro atoms. The summed E-state index contributed by atoms with van der Waals surface area (Å²) in [5.74, 6) is 1.37. The molecule has 0 aliphatic heterocycles. The average Bonchev–Trinajstić information content (AvgIpc) is 3.17. The molecule has 0 radical (unpaired) electrons. The zero-order valence-corrected chi connectivity index (χ0v) is 20.5. The third-order valence-electron chi connectivity index (χ3n) is 4.97. The number of halogens is 2. The van der Waals surface area contributed by atoms with Gasteiger partial charge in [-0.3, -0.25) is 4.79 Å². The van der Waals surface area contributed by atoms with E-state index in [1.807, 2.05) is 67.3 Å². The molecule has 1 amide bonds. The summed E-state index contributed by atoms with van der Waals surface area (Å²) in [4.78, 5) is 19.4. The summed E-state index contributed by atoms with van der Waals surface area (Å²) in [5, 5.41) is 4.03. The summed E-state index contributed by atoms with van der Waals surface area (Å²) in [6.45, 7) is 1.70. The van der Waals surface area contributed by atoms with Gasteiger partial charge < -0.3 is 19.5 Å². The first kappa shape index (κ1) is 24.8. The molecule has 0 bridgehead atoms. The second-order valence-corrected chi connectivity index (χ2v) is 8.69. The van der Waals surface area contributed by atoms with Crippen LogP contribution >= 0.6 is 23.2 Å². The molecule has 0 saturated carbocycles. The minimum absolute atomic E-state index is 0.0704. The van der Waals surface area contributed by atoms with Crippen LogP contribution in [0.4, 0.5) is 0 Å². The second-order valence-electron chi connectivity index (χ2n) is 7.85. The SMILES string of the molecule is COc1ccc(/C=C/c2nc(-c3ccc(Cl)cc3Cl)cn2CC(=O)NCCCN(C)C)cc1. The minimum Gasteiger partial charge on any atom is -0.497 e. The largest absolute Gasteiger partial charge is 0.497 e. The van der Waals surface area contributed by atoms with Gasteiger partial charge in [-0.1, -0.05) is 41.4 Å². The minimum atomic E-state index is -0.0704. The van der Waals surface area contributed by atoms with Crippen molar-refractivity contribution in [3.8, 4) is 17.0 Å². The van der Waals surface area contributed by atoms with Crippen molar-refractivity contribution in [2.75, 3.05) is 34.3 Å². The summed E-state index contributed by atoms with van der Waals surface area (Å²) in [5.41, 5.74) is 2.42. The Hall–Kier alpha value is -2.80. The third kappa shape index (κ3) is 7.35. The predicted molar refractivity (Wildman–Crippen MR) is 136 cm³/mol. The Morgan fingerprint density at radius 2 is 1.91 bits per heavy atom. The molecule has 0 aliphatic carbocycles. The number of benzene rings is 2. The number of hydrogen-bond acceptors (Lipinski definition) is 4. The highest BCUT2D eigenvalue weighted by Gasteiger charge is 2.13. The van der Waals surface area contributed by atoms with Crippen LogP contribution in [0.2, 0.25) is 10.0 Å². The van der Waals surface area contributed by atoms with Crippen LogP contribution in [-0.4, -0.2) is 54.7 Å². The molecular weight excluding hydrogens is 459 g/mol. The van der Waals surface area contributed by atoms with Gasteiger partial charge in [-0.2, -0.15) is 0 Å². The molecule has 2 aromatic carbocycles. The number of nitrogens with one attached hydrogen (secondary N) is 1. The van der Waals surface area contributed by atoms with Crippen LogP contribution in [0.1, 0.15) is 17.8 Å². The van der Waals surface area contributed by atoms with E-state index in [1.54, 1.807) is 19.2 Å². The molecule has 1 aromatic heterocycles. The smallest absolute Gasteiger partial charge is 0.239 e. The van der Waals surface area contributed by atoms with Crippen molar-refractivity contribution in [3.05, 3.63) is 70.1 Å². The molecule has 0 fully saturated rings. The number of nitrogens with zero attached hydrogens (tertiary/aromatic N) is 3. The fourth-order valence-corrected chi connectivity index (χ4v) is 3.74. The zero-order valence-electron chi connectivity index (χ0n) is 19.0. The van der Waals surface area contributed by atoms with Gasteiger partial charge in [0.05, 0.1) is 17.8 Å². The lowest BCUT2D eigenvalue weighted by atomic mass is 10.2. The van der Waals surface area contributed by atoms with Crippen LogP contribution < -0.4 is 10.1 Å². The molecule has 0 atom stereocenters. The summed E-state index contributed by atoms with van der Waals surface area (Å²) in [7, 11) is 5.66. The van der Waals surface area contributed by atoms with E-state index < -0.39 is 0 Å². The van der Waals surface area contributed by atoms with Gasteiger partial charge in [0.15, 0.2) is 0 Å². The maximum absolute atomic E-state index is 12.6. The second kappa shape index (κ2) is 11.9. The number of carbonyl (C=O) groups excluding carboxylic acids is 1. The number of imidazole rings is 1. The van der Waals surface area contributed by atoms with Gasteiger partial charge in [-0.15, -0.1) is 0 Å². The molecule has 3 aromatic rings. The fourth-order valence-electron chi connectivity index (χ4n) is 3.24. The van der Waals surface area contributed by atoms with Crippen LogP contribution in [0.25, 0.3) is 23.4 Å². The Morgan fingerprint density at radius 1 is 1.15 bits per heavy atom. The highest BCUT2D eigenvalue weighted by Crippen LogP contribution is 2.30. The summed E-state index contributed by atoms with van der Waals surface area (Å²) in [6, 6.07) is 13.0. The van der Waals surface area contributed by atoms with Gasteiger partial charge in [0.1, 0.15) is 18.1 Å². The van der Waals surface area contributed by atoms with Gasteiger partial charge in [0.2, 0.25) is 5.91 Å². The molecule has 1 N–H and O–H groups in total. The first-order valence-electron chi connectivity index (χ1n) is 10.6. The third-order valence-corrected chi connectivity index (χ3v) is 5.52. The highest BCUT2D eigenvalue weighted by molar-refractivity contribution is 6.36. The van der Waals surface area contributed by atoms with Crippen molar-refractivity contribution in [1.29, 1.82) is 0 Å². The van der Waals surface area contributed by atoms with Crippen molar-refractivity contribution in [3.63, 3.8) is 0 Å². The number of methoxy groups -OCH3 is 1. The number of hydrogen-bond donors (Lipinski definition) is 1. The number of carbonyl (C=O) groups is 1. The van der Waals surface area contributed by atoms with E-state index in [1.165, 1.54) is 0 Å². The van der Waals surface area contributed by atoms with E-state index in [9.17, 15) is 4.79 Å². The van der Waals surface area contributed by atoms with Crippen LogP contribution in [0.3, 0.4) is 0 Å². The molecule has 0 unspecified atom stereocenters. The number of ether oxygens (including phenoxy) is 1. The standard InChI is InChI=1S/C25H28Cl2N4O2/c1-30(2)14-4-13-28-25(32)17-31-16-23(21-11-8-19(26)15-22(21)27)29-24(31)12-7-18-5-9-20(33-3)10-6-18/h5-12,15-16H,4,13-14,17H2,1-3H3,(H,28,32)/b12-7+. The van der Waals surface area contributed by atoms with Crippen LogP contribution in [0.5, 0.6) is 5.75 Å². The van der Waals surface area contributed by atoms with E-state index in [4.69, 9.17) is 32.9 Å². The van der Waals surface area contributed by atoms with E-state index in [0.29, 0.717) is 28.1 Å². The van der Waals surface area contributed by atoms with Gasteiger partial charge in [-0.25, -0.2) is 4.98 Å². The van der Waals surface area contributed by atoms with Crippen molar-refractivity contribution in [2.45, 2.75) is 13.0 Å². The average molecular weight is 487 g/mol. The Kier molecular flexibility index (Phi) is 8.95. The van der Waals surface area contributed by atoms with Gasteiger partial charge >= 0.3 is 0 Å². The summed E-state index contributed by atoms with van der Waals surface area (Å²) >= 11 is 12.4. The van der Waals surface area contributed by atoms with Crippen molar-refractivity contribution >= 4 is 41.3 Å². The molecule has 1 heterocycles. The molecular formula is C25H28Cl2N4O2. The number of amides is 1. The van der Waals surface area contributed by atoms with Crippen molar-refractivity contribution in [1.82, 2.24) is 19.8 Å². The lowest BCUT2D eigenvalue weighted by Gasteiger charge is -2.10. The van der Waals surface area contributed by atoms with Gasteiger partial charge in [-0.05, 0) is 69.0 Å². The topological polar surface area (TPSA) is 59.4 Å².